The van der Waals surface area contributed by atoms with E-state index in [1.807, 2.05) is 0 Å². The van der Waals surface area contributed by atoms with Crippen LogP contribution in [0.4, 0.5) is 0 Å². The Morgan fingerprint density at radius 2 is 1.77 bits per heavy atom. The molecule has 1 saturated carbocycles. The van der Waals surface area contributed by atoms with Crippen molar-refractivity contribution >= 4 is 0 Å². The molecule has 0 amide bonds. The molecule has 1 fully saturated rings. The van der Waals surface area contributed by atoms with Crippen LogP contribution in [0.2, 0.25) is 0 Å². The molecule has 0 aromatic rings. The van der Waals surface area contributed by atoms with Crippen molar-refractivity contribution in [2.24, 2.45) is 11.3 Å². The summed E-state index contributed by atoms with van der Waals surface area (Å²) in [6.07, 6.45) is 8.93. The zero-order valence-electron chi connectivity index (χ0n) is 8.97. The predicted octanol–water partition coefficient (Wildman–Crippen LogP) is 3.90. The van der Waals surface area contributed by atoms with E-state index < -0.39 is 0 Å². The van der Waals surface area contributed by atoms with E-state index in [4.69, 9.17) is 5.26 Å². The molecule has 0 N–H and O–H groups in total. The molecule has 0 aromatic heterocycles. The monoisotopic (exact) mass is 179 g/mol. The molecule has 1 unspecified atom stereocenters. The molecule has 1 rings (SSSR count). The Bertz CT molecular complexity index is 182. The Hall–Kier alpha value is -0.510. The van der Waals surface area contributed by atoms with Crippen LogP contribution in [0, 0.1) is 22.7 Å². The molecule has 0 aromatic carbocycles. The van der Waals surface area contributed by atoms with Crippen LogP contribution in [0.5, 0.6) is 0 Å². The maximum Gasteiger partial charge on any atom is 0.0661 e. The number of unbranched alkanes of at least 4 members (excludes halogenated alkanes) is 2. The third-order valence-corrected chi connectivity index (χ3v) is 3.40. The van der Waals surface area contributed by atoms with Gasteiger partial charge in [-0.1, -0.05) is 39.5 Å². The van der Waals surface area contributed by atoms with Crippen LogP contribution in [0.15, 0.2) is 0 Å². The fourth-order valence-electron chi connectivity index (χ4n) is 2.27. The van der Waals surface area contributed by atoms with Crippen LogP contribution in [-0.4, -0.2) is 0 Å². The van der Waals surface area contributed by atoms with Gasteiger partial charge in [0.1, 0.15) is 0 Å². The van der Waals surface area contributed by atoms with E-state index in [-0.39, 0.29) is 0 Å². The average molecular weight is 179 g/mol. The van der Waals surface area contributed by atoms with Crippen molar-refractivity contribution < 1.29 is 0 Å². The minimum Gasteiger partial charge on any atom is -0.198 e. The van der Waals surface area contributed by atoms with E-state index >= 15 is 0 Å². The van der Waals surface area contributed by atoms with E-state index in [2.05, 4.69) is 19.9 Å². The van der Waals surface area contributed by atoms with Gasteiger partial charge in [-0.25, -0.2) is 0 Å². The molecule has 0 aliphatic heterocycles. The van der Waals surface area contributed by atoms with Crippen molar-refractivity contribution in [3.05, 3.63) is 0 Å². The Labute approximate surface area is 82.1 Å². The van der Waals surface area contributed by atoms with Crippen molar-refractivity contribution in [3.8, 4) is 6.07 Å². The maximum absolute atomic E-state index is 8.89. The quantitative estimate of drug-likeness (QED) is 0.606. The summed E-state index contributed by atoms with van der Waals surface area (Å²) in [5.41, 5.74) is 0.459. The first kappa shape index (κ1) is 10.6. The molecule has 0 spiro atoms. The highest BCUT2D eigenvalue weighted by molar-refractivity contribution is 5.12. The normalized spacial score (nSPS) is 23.9. The smallest absolute Gasteiger partial charge is 0.0661 e. The van der Waals surface area contributed by atoms with Crippen molar-refractivity contribution in [1.82, 2.24) is 0 Å². The standard InChI is InChI=1S/C12H21N/c1-3-5-7-12(8-6-4-2)9-11(12)10-13/h11H,3-9H2,1-2H3. The molecule has 0 radical (unpaired) electrons. The second-order valence-electron chi connectivity index (χ2n) is 4.46. The average Bonchev–Trinajstić information content (AvgIpc) is 2.86. The van der Waals surface area contributed by atoms with Gasteiger partial charge in [-0.3, -0.25) is 0 Å². The summed E-state index contributed by atoms with van der Waals surface area (Å²) in [6.45, 7) is 4.47. The maximum atomic E-state index is 8.89. The lowest BCUT2D eigenvalue weighted by Crippen LogP contribution is -2.03. The minimum absolute atomic E-state index is 0.394. The summed E-state index contributed by atoms with van der Waals surface area (Å²) < 4.78 is 0. The Kier molecular flexibility index (Phi) is 3.78. The van der Waals surface area contributed by atoms with Gasteiger partial charge in [0.25, 0.3) is 0 Å². The minimum atomic E-state index is 0.394. The van der Waals surface area contributed by atoms with Crippen molar-refractivity contribution in [2.75, 3.05) is 0 Å². The van der Waals surface area contributed by atoms with E-state index in [0.29, 0.717) is 11.3 Å². The third kappa shape index (κ3) is 2.46. The molecule has 1 aliphatic carbocycles. The topological polar surface area (TPSA) is 23.8 Å². The summed E-state index contributed by atoms with van der Waals surface area (Å²) in [4.78, 5) is 0. The molecular formula is C12H21N. The second kappa shape index (κ2) is 4.65. The van der Waals surface area contributed by atoms with Gasteiger partial charge < -0.3 is 0 Å². The molecule has 0 saturated heterocycles. The molecule has 1 atom stereocenters. The van der Waals surface area contributed by atoms with Crippen LogP contribution in [0.1, 0.15) is 58.8 Å². The molecule has 0 bridgehead atoms. The first-order valence-electron chi connectivity index (χ1n) is 5.68. The lowest BCUT2D eigenvalue weighted by atomic mass is 9.90. The molecule has 13 heavy (non-hydrogen) atoms. The SMILES string of the molecule is CCCCC1(CCCC)CC1C#N. The molecule has 1 heteroatoms. The number of nitrogens with zero attached hydrogens (tertiary/aromatic N) is 1. The Morgan fingerprint density at radius 1 is 1.23 bits per heavy atom. The zero-order chi connectivity index (χ0) is 9.73. The second-order valence-corrected chi connectivity index (χ2v) is 4.46. The van der Waals surface area contributed by atoms with Crippen LogP contribution in [0.3, 0.4) is 0 Å². The van der Waals surface area contributed by atoms with Gasteiger partial charge in [0.2, 0.25) is 0 Å². The first-order chi connectivity index (χ1) is 6.29. The Morgan fingerprint density at radius 3 is 2.08 bits per heavy atom. The van der Waals surface area contributed by atoms with Gasteiger partial charge in [0.05, 0.1) is 12.0 Å². The number of hydrogen-bond acceptors (Lipinski definition) is 1. The van der Waals surface area contributed by atoms with E-state index in [1.54, 1.807) is 0 Å². The first-order valence-corrected chi connectivity index (χ1v) is 5.68. The van der Waals surface area contributed by atoms with Gasteiger partial charge in [-0.15, -0.1) is 0 Å². The number of rotatable bonds is 6. The van der Waals surface area contributed by atoms with Crippen molar-refractivity contribution in [3.63, 3.8) is 0 Å². The molecule has 1 nitrogen and oxygen atoms in total. The lowest BCUT2D eigenvalue weighted by molar-refractivity contribution is 0.380. The van der Waals surface area contributed by atoms with Crippen LogP contribution in [0.25, 0.3) is 0 Å². The van der Waals surface area contributed by atoms with E-state index in [9.17, 15) is 0 Å². The summed E-state index contributed by atoms with van der Waals surface area (Å²) in [5.74, 6) is 0.394. The highest BCUT2D eigenvalue weighted by Gasteiger charge is 2.52. The lowest BCUT2D eigenvalue weighted by Gasteiger charge is -2.14. The molecule has 0 heterocycles. The van der Waals surface area contributed by atoms with E-state index in [0.717, 1.165) is 0 Å². The third-order valence-electron chi connectivity index (χ3n) is 3.40. The van der Waals surface area contributed by atoms with Crippen LogP contribution in [-0.2, 0) is 0 Å². The van der Waals surface area contributed by atoms with Gasteiger partial charge in [0, 0.05) is 0 Å². The highest BCUT2D eigenvalue weighted by Crippen LogP contribution is 2.58. The van der Waals surface area contributed by atoms with Gasteiger partial charge in [-0.05, 0) is 24.7 Å². The van der Waals surface area contributed by atoms with Gasteiger partial charge in [0.15, 0.2) is 0 Å². The zero-order valence-corrected chi connectivity index (χ0v) is 8.97. The van der Waals surface area contributed by atoms with Gasteiger partial charge >= 0.3 is 0 Å². The summed E-state index contributed by atoms with van der Waals surface area (Å²) in [7, 11) is 0. The summed E-state index contributed by atoms with van der Waals surface area (Å²) in [6, 6.07) is 2.45. The molecule has 74 valence electrons. The van der Waals surface area contributed by atoms with Crippen molar-refractivity contribution in [1.29, 1.82) is 5.26 Å². The number of hydrogen-bond donors (Lipinski definition) is 0. The summed E-state index contributed by atoms with van der Waals surface area (Å²) >= 11 is 0. The highest BCUT2D eigenvalue weighted by atomic mass is 14.6. The molecular weight excluding hydrogens is 158 g/mol. The predicted molar refractivity (Wildman–Crippen MR) is 55.2 cm³/mol. The largest absolute Gasteiger partial charge is 0.198 e. The van der Waals surface area contributed by atoms with Crippen LogP contribution >= 0.6 is 0 Å². The Balaban J connectivity index is 2.34. The van der Waals surface area contributed by atoms with Crippen LogP contribution < -0.4 is 0 Å². The fraction of sp³-hybridized carbons (Fsp3) is 0.917. The van der Waals surface area contributed by atoms with E-state index in [1.165, 1.54) is 44.9 Å². The summed E-state index contributed by atoms with van der Waals surface area (Å²) in [5, 5.41) is 8.89. The number of nitriles is 1. The molecule has 1 aliphatic rings. The van der Waals surface area contributed by atoms with Crippen molar-refractivity contribution in [2.45, 2.75) is 58.8 Å². The fourth-order valence-corrected chi connectivity index (χ4v) is 2.27. The van der Waals surface area contributed by atoms with Gasteiger partial charge in [-0.2, -0.15) is 5.26 Å².